The zero-order valence-electron chi connectivity index (χ0n) is 15.9. The molecule has 25 heavy (non-hydrogen) atoms. The highest BCUT2D eigenvalue weighted by molar-refractivity contribution is 5.80. The second-order valence-electron chi connectivity index (χ2n) is 8.57. The SMILES string of the molecule is CC[C@H](CNC(=O)OC)C(=O)N1CC2(CCC(C3CCCCC3)C2)C1. The number of methoxy groups -OCH3 is 1. The number of hydrogen-bond donors (Lipinski definition) is 1. The largest absolute Gasteiger partial charge is 0.453 e. The summed E-state index contributed by atoms with van der Waals surface area (Å²) in [6.45, 7) is 4.25. The van der Waals surface area contributed by atoms with Gasteiger partial charge in [-0.2, -0.15) is 0 Å². The lowest BCUT2D eigenvalue weighted by molar-refractivity contribution is -0.147. The minimum absolute atomic E-state index is 0.132. The molecular formula is C20H34N2O3. The molecule has 3 fully saturated rings. The quantitative estimate of drug-likeness (QED) is 0.824. The Morgan fingerprint density at radius 1 is 1.16 bits per heavy atom. The monoisotopic (exact) mass is 350 g/mol. The number of amides is 2. The molecule has 1 unspecified atom stereocenters. The van der Waals surface area contributed by atoms with Crippen molar-refractivity contribution in [3.63, 3.8) is 0 Å². The van der Waals surface area contributed by atoms with Gasteiger partial charge in [0.15, 0.2) is 0 Å². The smallest absolute Gasteiger partial charge is 0.406 e. The summed E-state index contributed by atoms with van der Waals surface area (Å²) < 4.78 is 4.60. The molecule has 0 bridgehead atoms. The van der Waals surface area contributed by atoms with Crippen molar-refractivity contribution in [3.05, 3.63) is 0 Å². The van der Waals surface area contributed by atoms with Gasteiger partial charge in [0.05, 0.1) is 13.0 Å². The van der Waals surface area contributed by atoms with Crippen LogP contribution in [-0.4, -0.2) is 43.6 Å². The number of carbonyl (C=O) groups excluding carboxylic acids is 2. The van der Waals surface area contributed by atoms with E-state index >= 15 is 0 Å². The van der Waals surface area contributed by atoms with Crippen LogP contribution in [0.25, 0.3) is 0 Å². The van der Waals surface area contributed by atoms with Crippen LogP contribution in [0.3, 0.4) is 0 Å². The predicted octanol–water partition coefficient (Wildman–Crippen LogP) is 3.58. The Bertz CT molecular complexity index is 481. The van der Waals surface area contributed by atoms with E-state index in [0.29, 0.717) is 12.0 Å². The first-order valence-electron chi connectivity index (χ1n) is 10.2. The highest BCUT2D eigenvalue weighted by Gasteiger charge is 2.51. The van der Waals surface area contributed by atoms with E-state index in [1.54, 1.807) is 0 Å². The molecule has 5 heteroatoms. The predicted molar refractivity (Wildman–Crippen MR) is 97.1 cm³/mol. The number of alkyl carbamates (subject to hydrolysis) is 1. The fourth-order valence-electron chi connectivity index (χ4n) is 5.41. The number of ether oxygens (including phenoxy) is 1. The first kappa shape index (κ1) is 18.5. The summed E-state index contributed by atoms with van der Waals surface area (Å²) in [6, 6.07) is 0. The summed E-state index contributed by atoms with van der Waals surface area (Å²) in [4.78, 5) is 26.0. The van der Waals surface area contributed by atoms with Crippen molar-refractivity contribution in [3.8, 4) is 0 Å². The van der Waals surface area contributed by atoms with Gasteiger partial charge in [-0.15, -0.1) is 0 Å². The van der Waals surface area contributed by atoms with Crippen molar-refractivity contribution >= 4 is 12.0 Å². The van der Waals surface area contributed by atoms with Crippen molar-refractivity contribution in [2.45, 2.75) is 64.7 Å². The maximum Gasteiger partial charge on any atom is 0.406 e. The van der Waals surface area contributed by atoms with Crippen LogP contribution < -0.4 is 5.32 Å². The van der Waals surface area contributed by atoms with Gasteiger partial charge in [0.1, 0.15) is 0 Å². The lowest BCUT2D eigenvalue weighted by Gasteiger charge is -2.50. The highest BCUT2D eigenvalue weighted by atomic mass is 16.5. The van der Waals surface area contributed by atoms with Crippen molar-refractivity contribution in [2.24, 2.45) is 23.2 Å². The Morgan fingerprint density at radius 3 is 2.52 bits per heavy atom. The van der Waals surface area contributed by atoms with E-state index in [4.69, 9.17) is 0 Å². The third-order valence-electron chi connectivity index (χ3n) is 6.94. The Balaban J connectivity index is 1.46. The molecule has 0 aromatic heterocycles. The van der Waals surface area contributed by atoms with E-state index in [1.165, 1.54) is 58.5 Å². The van der Waals surface area contributed by atoms with Gasteiger partial charge in [0.2, 0.25) is 5.91 Å². The molecule has 2 amide bonds. The molecule has 1 N–H and O–H groups in total. The van der Waals surface area contributed by atoms with Crippen molar-refractivity contribution in [2.75, 3.05) is 26.7 Å². The molecule has 2 atom stereocenters. The fraction of sp³-hybridized carbons (Fsp3) is 0.900. The Morgan fingerprint density at radius 2 is 1.88 bits per heavy atom. The van der Waals surface area contributed by atoms with E-state index in [2.05, 4.69) is 10.1 Å². The van der Waals surface area contributed by atoms with E-state index in [-0.39, 0.29) is 11.8 Å². The van der Waals surface area contributed by atoms with Gasteiger partial charge in [-0.3, -0.25) is 4.79 Å². The molecular weight excluding hydrogens is 316 g/mol. The molecule has 0 aromatic rings. The summed E-state index contributed by atoms with van der Waals surface area (Å²) in [5, 5.41) is 2.67. The zero-order valence-corrected chi connectivity index (χ0v) is 15.9. The standard InChI is InChI=1S/C20H34N2O3/c1-3-15(12-21-19(24)25-2)18(23)22-13-20(14-22)10-9-17(11-20)16-7-5-4-6-8-16/h15-17H,3-14H2,1-2H3,(H,21,24)/t15-,17?/m1/s1. The third kappa shape index (κ3) is 4.12. The Hall–Kier alpha value is -1.26. The number of hydrogen-bond acceptors (Lipinski definition) is 3. The highest BCUT2D eigenvalue weighted by Crippen LogP contribution is 2.52. The van der Waals surface area contributed by atoms with E-state index in [9.17, 15) is 9.59 Å². The van der Waals surface area contributed by atoms with Crippen LogP contribution in [-0.2, 0) is 9.53 Å². The molecule has 142 valence electrons. The van der Waals surface area contributed by atoms with Gasteiger partial charge in [-0.1, -0.05) is 39.0 Å². The molecule has 3 aliphatic rings. The van der Waals surface area contributed by atoms with Gasteiger partial charge in [-0.05, 0) is 37.5 Å². The lowest BCUT2D eigenvalue weighted by Crippen LogP contribution is -2.59. The number of rotatable bonds is 5. The second-order valence-corrected chi connectivity index (χ2v) is 8.57. The minimum atomic E-state index is -0.461. The van der Waals surface area contributed by atoms with Gasteiger partial charge < -0.3 is 15.0 Å². The molecule has 1 saturated heterocycles. The summed E-state index contributed by atoms with van der Waals surface area (Å²) in [5.41, 5.74) is 0.409. The van der Waals surface area contributed by atoms with Gasteiger partial charge in [-0.25, -0.2) is 4.79 Å². The van der Waals surface area contributed by atoms with E-state index in [0.717, 1.165) is 31.3 Å². The maximum absolute atomic E-state index is 12.7. The van der Waals surface area contributed by atoms with Crippen LogP contribution in [0, 0.1) is 23.2 Å². The summed E-state index contributed by atoms with van der Waals surface area (Å²) in [5.74, 6) is 1.92. The van der Waals surface area contributed by atoms with Crippen LogP contribution in [0.5, 0.6) is 0 Å². The number of carbonyl (C=O) groups is 2. The van der Waals surface area contributed by atoms with Gasteiger partial charge in [0.25, 0.3) is 0 Å². The summed E-state index contributed by atoms with van der Waals surface area (Å²) >= 11 is 0. The summed E-state index contributed by atoms with van der Waals surface area (Å²) in [7, 11) is 1.35. The van der Waals surface area contributed by atoms with Gasteiger partial charge >= 0.3 is 6.09 Å². The lowest BCUT2D eigenvalue weighted by atomic mass is 9.73. The van der Waals surface area contributed by atoms with Crippen LogP contribution in [0.4, 0.5) is 4.79 Å². The Kier molecular flexibility index (Phi) is 5.90. The molecule has 2 aliphatic carbocycles. The summed E-state index contributed by atoms with van der Waals surface area (Å²) in [6.07, 6.45) is 11.4. The first-order valence-corrected chi connectivity index (χ1v) is 10.2. The van der Waals surface area contributed by atoms with Crippen molar-refractivity contribution in [1.82, 2.24) is 10.2 Å². The maximum atomic E-state index is 12.7. The number of likely N-dealkylation sites (tertiary alicyclic amines) is 1. The van der Waals surface area contributed by atoms with Crippen LogP contribution >= 0.6 is 0 Å². The number of nitrogens with one attached hydrogen (secondary N) is 1. The normalized spacial score (nSPS) is 27.0. The van der Waals surface area contributed by atoms with Crippen LogP contribution in [0.1, 0.15) is 64.7 Å². The average Bonchev–Trinajstić information content (AvgIpc) is 3.07. The second kappa shape index (κ2) is 7.96. The Labute approximate surface area is 151 Å². The van der Waals surface area contributed by atoms with E-state index < -0.39 is 6.09 Å². The number of nitrogens with zero attached hydrogens (tertiary/aromatic N) is 1. The molecule has 1 spiro atoms. The zero-order chi connectivity index (χ0) is 17.9. The average molecular weight is 351 g/mol. The topological polar surface area (TPSA) is 58.6 Å². The van der Waals surface area contributed by atoms with E-state index in [1.807, 2.05) is 11.8 Å². The molecule has 1 aliphatic heterocycles. The molecule has 3 rings (SSSR count). The first-order chi connectivity index (χ1) is 12.1. The molecule has 2 saturated carbocycles. The van der Waals surface area contributed by atoms with Crippen molar-refractivity contribution in [1.29, 1.82) is 0 Å². The molecule has 1 heterocycles. The molecule has 0 radical (unpaired) electrons. The van der Waals surface area contributed by atoms with Crippen molar-refractivity contribution < 1.29 is 14.3 Å². The molecule has 5 nitrogen and oxygen atoms in total. The van der Waals surface area contributed by atoms with Gasteiger partial charge in [0, 0.05) is 25.0 Å². The van der Waals surface area contributed by atoms with Crippen LogP contribution in [0.15, 0.2) is 0 Å². The third-order valence-corrected chi connectivity index (χ3v) is 6.94. The molecule has 0 aromatic carbocycles. The minimum Gasteiger partial charge on any atom is -0.453 e. The van der Waals surface area contributed by atoms with Crippen LogP contribution in [0.2, 0.25) is 0 Å². The fourth-order valence-corrected chi connectivity index (χ4v) is 5.41.